The molecule has 37 heavy (non-hydrogen) atoms. The van der Waals surface area contributed by atoms with E-state index in [1.165, 1.54) is 6.08 Å². The molecule has 1 fully saturated rings. The van der Waals surface area contributed by atoms with Crippen molar-refractivity contribution in [2.75, 3.05) is 4.90 Å². The summed E-state index contributed by atoms with van der Waals surface area (Å²) in [6.45, 7) is 2.10. The highest BCUT2D eigenvalue weighted by atomic mass is 79.9. The van der Waals surface area contributed by atoms with Crippen LogP contribution >= 0.6 is 27.5 Å². The van der Waals surface area contributed by atoms with E-state index in [4.69, 9.17) is 16.3 Å². The van der Waals surface area contributed by atoms with E-state index in [0.717, 1.165) is 25.7 Å². The highest BCUT2D eigenvalue weighted by Crippen LogP contribution is 2.30. The lowest BCUT2D eigenvalue weighted by atomic mass is 10.1. The number of hydrogen-bond acceptors (Lipinski definition) is 4. The molecule has 184 valence electrons. The first kappa shape index (κ1) is 24.7. The number of ether oxygens (including phenoxy) is 1. The van der Waals surface area contributed by atoms with Crippen molar-refractivity contribution in [3.8, 4) is 5.75 Å². The highest BCUT2D eigenvalue weighted by molar-refractivity contribution is 9.10. The molecular formula is C29H20BrClN2O4. The second-order valence-electron chi connectivity index (χ2n) is 8.51. The molecule has 6 nitrogen and oxygen atoms in total. The molecule has 1 saturated heterocycles. The van der Waals surface area contributed by atoms with Crippen LogP contribution in [0.15, 0.2) is 88.9 Å². The Morgan fingerprint density at radius 1 is 0.973 bits per heavy atom. The molecule has 5 rings (SSSR count). The van der Waals surface area contributed by atoms with Gasteiger partial charge < -0.3 is 4.74 Å². The number of barbiturate groups is 1. The van der Waals surface area contributed by atoms with Crippen LogP contribution in [-0.4, -0.2) is 17.8 Å². The third-order valence-electron chi connectivity index (χ3n) is 6.03. The fourth-order valence-corrected chi connectivity index (χ4v) is 4.93. The normalized spacial score (nSPS) is 14.8. The zero-order valence-corrected chi connectivity index (χ0v) is 22.0. The second kappa shape index (κ2) is 10.2. The first-order valence-corrected chi connectivity index (χ1v) is 12.6. The molecule has 4 aromatic rings. The predicted octanol–water partition coefficient (Wildman–Crippen LogP) is 6.81. The lowest BCUT2D eigenvalue weighted by Gasteiger charge is -2.27. The van der Waals surface area contributed by atoms with Crippen LogP contribution in [0.5, 0.6) is 5.75 Å². The van der Waals surface area contributed by atoms with Gasteiger partial charge in [-0.1, -0.05) is 76.1 Å². The second-order valence-corrected chi connectivity index (χ2v) is 9.83. The fourth-order valence-electron chi connectivity index (χ4n) is 4.21. The SMILES string of the molecule is Cc1cc(Br)ccc1N1C(=O)NC(=O)/C(=C/c2ccc(OCc3cccc4ccccc34)c(Cl)c2)C1=O. The predicted molar refractivity (Wildman–Crippen MR) is 148 cm³/mol. The van der Waals surface area contributed by atoms with Crippen LogP contribution in [0.1, 0.15) is 16.7 Å². The molecule has 1 aliphatic rings. The number of nitrogens with zero attached hydrogens (tertiary/aromatic N) is 1. The number of rotatable bonds is 5. The molecule has 1 aliphatic heterocycles. The molecule has 0 radical (unpaired) electrons. The maximum absolute atomic E-state index is 13.2. The summed E-state index contributed by atoms with van der Waals surface area (Å²) < 4.78 is 6.78. The number of benzene rings is 4. The fraction of sp³-hybridized carbons (Fsp3) is 0.0690. The first-order valence-electron chi connectivity index (χ1n) is 11.4. The molecule has 4 amide bonds. The largest absolute Gasteiger partial charge is 0.487 e. The Kier molecular flexibility index (Phi) is 6.82. The van der Waals surface area contributed by atoms with Gasteiger partial charge in [-0.2, -0.15) is 0 Å². The monoisotopic (exact) mass is 574 g/mol. The molecule has 1 N–H and O–H groups in total. The Hall–Kier alpha value is -3.94. The van der Waals surface area contributed by atoms with Gasteiger partial charge in [0.2, 0.25) is 0 Å². The van der Waals surface area contributed by atoms with Gasteiger partial charge in [-0.25, -0.2) is 9.69 Å². The lowest BCUT2D eigenvalue weighted by molar-refractivity contribution is -0.122. The van der Waals surface area contributed by atoms with Crippen molar-refractivity contribution in [2.45, 2.75) is 13.5 Å². The molecule has 8 heteroatoms. The summed E-state index contributed by atoms with van der Waals surface area (Å²) in [6.07, 6.45) is 1.41. The van der Waals surface area contributed by atoms with Gasteiger partial charge in [-0.15, -0.1) is 0 Å². The van der Waals surface area contributed by atoms with Crippen LogP contribution < -0.4 is 15.0 Å². The van der Waals surface area contributed by atoms with Gasteiger partial charge in [0.15, 0.2) is 0 Å². The number of hydrogen-bond donors (Lipinski definition) is 1. The van der Waals surface area contributed by atoms with Crippen LogP contribution in [0.4, 0.5) is 10.5 Å². The Morgan fingerprint density at radius 2 is 1.76 bits per heavy atom. The number of anilines is 1. The van der Waals surface area contributed by atoms with Crippen LogP contribution in [0.2, 0.25) is 5.02 Å². The molecule has 0 saturated carbocycles. The molecule has 1 heterocycles. The maximum atomic E-state index is 13.2. The molecule has 0 spiro atoms. The van der Waals surface area contributed by atoms with Crippen LogP contribution in [0.3, 0.4) is 0 Å². The van der Waals surface area contributed by atoms with E-state index in [2.05, 4.69) is 21.2 Å². The van der Waals surface area contributed by atoms with Crippen molar-refractivity contribution in [2.24, 2.45) is 0 Å². The zero-order valence-electron chi connectivity index (χ0n) is 19.6. The summed E-state index contributed by atoms with van der Waals surface area (Å²) in [7, 11) is 0. The minimum Gasteiger partial charge on any atom is -0.487 e. The average molecular weight is 576 g/mol. The third kappa shape index (κ3) is 5.01. The molecule has 4 aromatic carbocycles. The van der Waals surface area contributed by atoms with Crippen molar-refractivity contribution in [3.63, 3.8) is 0 Å². The van der Waals surface area contributed by atoms with Gasteiger partial charge in [0.05, 0.1) is 10.7 Å². The minimum atomic E-state index is -0.798. The molecule has 0 aromatic heterocycles. The standard InChI is InChI=1S/C29H20BrClN2O4/c1-17-13-21(30)10-11-25(17)33-28(35)23(27(34)32-29(33)36)14-18-9-12-26(24(31)15-18)37-16-20-7-4-6-19-5-2-3-8-22(19)20/h2-15H,16H2,1H3,(H,32,34,36)/b23-14-. The Balaban J connectivity index is 1.39. The van der Waals surface area contributed by atoms with E-state index in [1.54, 1.807) is 43.3 Å². The van der Waals surface area contributed by atoms with Crippen LogP contribution in [0.25, 0.3) is 16.8 Å². The van der Waals surface area contributed by atoms with Gasteiger partial charge in [-0.3, -0.25) is 14.9 Å². The van der Waals surface area contributed by atoms with E-state index in [9.17, 15) is 14.4 Å². The van der Waals surface area contributed by atoms with E-state index < -0.39 is 17.8 Å². The molecule has 0 unspecified atom stereocenters. The van der Waals surface area contributed by atoms with Crippen molar-refractivity contribution in [3.05, 3.63) is 111 Å². The average Bonchev–Trinajstić information content (AvgIpc) is 2.87. The van der Waals surface area contributed by atoms with Gasteiger partial charge in [0.25, 0.3) is 11.8 Å². The lowest BCUT2D eigenvalue weighted by Crippen LogP contribution is -2.54. The van der Waals surface area contributed by atoms with Gasteiger partial charge in [-0.05, 0) is 70.8 Å². The summed E-state index contributed by atoms with van der Waals surface area (Å²) in [6, 6.07) is 23.4. The van der Waals surface area contributed by atoms with Gasteiger partial charge in [0.1, 0.15) is 17.9 Å². The number of amides is 4. The zero-order chi connectivity index (χ0) is 26.1. The van der Waals surface area contributed by atoms with Gasteiger partial charge >= 0.3 is 6.03 Å². The van der Waals surface area contributed by atoms with Gasteiger partial charge in [0, 0.05) is 4.47 Å². The molecule has 0 bridgehead atoms. The van der Waals surface area contributed by atoms with Crippen LogP contribution in [0, 0.1) is 6.92 Å². The topological polar surface area (TPSA) is 75.7 Å². The number of halogens is 2. The summed E-state index contributed by atoms with van der Waals surface area (Å²) >= 11 is 9.85. The summed E-state index contributed by atoms with van der Waals surface area (Å²) in [5.41, 5.74) is 2.45. The Labute approximate surface area is 226 Å². The number of imide groups is 2. The van der Waals surface area contributed by atoms with Crippen molar-refractivity contribution < 1.29 is 19.1 Å². The number of carbonyl (C=O) groups excluding carboxylic acids is 3. The molecule has 0 atom stereocenters. The molecular weight excluding hydrogens is 556 g/mol. The van der Waals surface area contributed by atoms with E-state index in [0.29, 0.717) is 34.2 Å². The van der Waals surface area contributed by atoms with Crippen molar-refractivity contribution in [1.82, 2.24) is 5.32 Å². The maximum Gasteiger partial charge on any atom is 0.335 e. The first-order chi connectivity index (χ1) is 17.8. The Morgan fingerprint density at radius 3 is 2.54 bits per heavy atom. The van der Waals surface area contributed by atoms with E-state index in [1.807, 2.05) is 42.5 Å². The molecule has 0 aliphatic carbocycles. The van der Waals surface area contributed by atoms with E-state index >= 15 is 0 Å². The van der Waals surface area contributed by atoms with Crippen molar-refractivity contribution in [1.29, 1.82) is 0 Å². The van der Waals surface area contributed by atoms with E-state index in [-0.39, 0.29) is 5.57 Å². The number of nitrogens with one attached hydrogen (secondary N) is 1. The quantitative estimate of drug-likeness (QED) is 0.210. The summed E-state index contributed by atoms with van der Waals surface area (Å²) in [5.74, 6) is -1.02. The Bertz CT molecular complexity index is 1610. The number of carbonyl (C=O) groups is 3. The smallest absolute Gasteiger partial charge is 0.335 e. The number of fused-ring (bicyclic) bond motifs is 1. The number of aryl methyl sites for hydroxylation is 1. The highest BCUT2D eigenvalue weighted by Gasteiger charge is 2.37. The summed E-state index contributed by atoms with van der Waals surface area (Å²) in [4.78, 5) is 39.2. The third-order valence-corrected chi connectivity index (χ3v) is 6.82. The number of urea groups is 1. The van der Waals surface area contributed by atoms with Crippen molar-refractivity contribution >= 4 is 67.9 Å². The minimum absolute atomic E-state index is 0.178. The van der Waals surface area contributed by atoms with Crippen LogP contribution in [-0.2, 0) is 16.2 Å². The summed E-state index contributed by atoms with van der Waals surface area (Å²) in [5, 5.41) is 4.79.